The molecule has 0 bridgehead atoms. The van der Waals surface area contributed by atoms with Crippen LogP contribution in [0.4, 0.5) is 0 Å². The first-order chi connectivity index (χ1) is 14.4. The van der Waals surface area contributed by atoms with E-state index in [9.17, 15) is 10.2 Å². The van der Waals surface area contributed by atoms with Gasteiger partial charge in [-0.15, -0.1) is 33.7 Å². The van der Waals surface area contributed by atoms with Gasteiger partial charge >= 0.3 is 0 Å². The van der Waals surface area contributed by atoms with E-state index in [1.54, 1.807) is 12.1 Å². The molecule has 0 spiro atoms. The Morgan fingerprint density at radius 3 is 1.05 bits per heavy atom. The summed E-state index contributed by atoms with van der Waals surface area (Å²) >= 11 is 0. The van der Waals surface area contributed by atoms with E-state index < -0.39 is 0 Å². The van der Waals surface area contributed by atoms with E-state index in [-0.39, 0.29) is 229 Å². The van der Waals surface area contributed by atoms with Crippen molar-refractivity contribution in [2.24, 2.45) is 0 Å². The summed E-state index contributed by atoms with van der Waals surface area (Å²) in [7, 11) is 0. The van der Waals surface area contributed by atoms with Crippen LogP contribution in [0.25, 0.3) is 21.5 Å². The standard InChI is InChI=1S/2C11H9O.2C3H8.7Y/c2*1-8-6-9-4-2-3-5-10(9)7-11(8)12;2*1-3-2;;;;;;;/h2*3-7,12H,1H3;2*3H2,1-2H3;;;;;;;/q2*-1;;;;;;;;;. The maximum Gasteiger partial charge on any atom is 0.115 e. The Bertz CT molecular complexity index is 895. The Hall–Kier alpha value is 4.73. The van der Waals surface area contributed by atoms with Crippen LogP contribution in [0.5, 0.6) is 11.5 Å². The summed E-state index contributed by atoms with van der Waals surface area (Å²) in [5, 5.41) is 23.2. The molecule has 0 saturated heterocycles. The Kier molecular flexibility index (Phi) is 54.6. The van der Waals surface area contributed by atoms with Gasteiger partial charge in [0.1, 0.15) is 11.5 Å². The third-order valence-electron chi connectivity index (χ3n) is 4.00. The van der Waals surface area contributed by atoms with Gasteiger partial charge in [-0.3, -0.25) is 0 Å². The van der Waals surface area contributed by atoms with Crippen molar-refractivity contribution in [2.75, 3.05) is 0 Å². The largest absolute Gasteiger partial charge is 0.508 e. The van der Waals surface area contributed by atoms with Gasteiger partial charge in [0.05, 0.1) is 0 Å². The second kappa shape index (κ2) is 35.2. The smallest absolute Gasteiger partial charge is 0.115 e. The molecule has 0 aromatic heterocycles. The van der Waals surface area contributed by atoms with Gasteiger partial charge in [-0.25, -0.2) is 0 Å². The minimum absolute atomic E-state index is 0. The van der Waals surface area contributed by atoms with Crippen molar-refractivity contribution in [3.8, 4) is 11.5 Å². The van der Waals surface area contributed by atoms with E-state index in [0.717, 1.165) is 32.7 Å². The summed E-state index contributed by atoms with van der Waals surface area (Å²) in [5.41, 5.74) is 1.81. The number of phenolic OH excluding ortho intramolecular Hbond substituents is 2. The van der Waals surface area contributed by atoms with Crippen LogP contribution < -0.4 is 0 Å². The molecule has 181 valence electrons. The number of aryl methyl sites for hydroxylation is 2. The van der Waals surface area contributed by atoms with Crippen LogP contribution in [-0.2, 0) is 229 Å². The molecule has 0 saturated carbocycles. The quantitative estimate of drug-likeness (QED) is 0.175. The van der Waals surface area contributed by atoms with E-state index in [2.05, 4.69) is 39.8 Å². The first-order valence-corrected chi connectivity index (χ1v) is 10.6. The van der Waals surface area contributed by atoms with Crippen LogP contribution in [0, 0.1) is 26.0 Å². The minimum Gasteiger partial charge on any atom is -0.508 e. The zero-order valence-corrected chi connectivity index (χ0v) is 43.0. The Balaban J connectivity index is -0.0000000695. The number of phenols is 2. The van der Waals surface area contributed by atoms with E-state index in [4.69, 9.17) is 0 Å². The minimum atomic E-state index is 0. The SMILES string of the molecule is CCC.CCC.Cc1cc2c[c-]ccc2cc1O.Cc1cc2c[c-]ccc2cc1O.[Y].[Y].[Y].[Y].[Y].[Y].[Y]. The fourth-order valence-corrected chi connectivity index (χ4v) is 2.56. The topological polar surface area (TPSA) is 40.5 Å². The van der Waals surface area contributed by atoms with Crippen molar-refractivity contribution >= 4 is 21.5 Å². The molecule has 7 radical (unpaired) electrons. The fourth-order valence-electron chi connectivity index (χ4n) is 2.56. The summed E-state index contributed by atoms with van der Waals surface area (Å²) in [6, 6.07) is 24.9. The second-order valence-corrected chi connectivity index (χ2v) is 7.24. The van der Waals surface area contributed by atoms with Crippen molar-refractivity contribution in [1.29, 1.82) is 0 Å². The average Bonchev–Trinajstić information content (AvgIpc) is 2.71. The molecule has 0 amide bonds. The van der Waals surface area contributed by atoms with Crippen LogP contribution in [-0.4, -0.2) is 10.2 Å². The van der Waals surface area contributed by atoms with Gasteiger partial charge in [0.25, 0.3) is 0 Å². The summed E-state index contributed by atoms with van der Waals surface area (Å²) in [6.07, 6.45) is 2.50. The van der Waals surface area contributed by atoms with Crippen molar-refractivity contribution in [2.45, 2.75) is 54.4 Å². The molecule has 2 nitrogen and oxygen atoms in total. The first kappa shape index (κ1) is 57.4. The molecule has 0 aliphatic rings. The molecule has 4 rings (SSSR count). The molecule has 4 aromatic rings. The van der Waals surface area contributed by atoms with Gasteiger partial charge in [0.2, 0.25) is 0 Å². The van der Waals surface area contributed by atoms with Crippen LogP contribution in [0.3, 0.4) is 0 Å². The number of rotatable bonds is 0. The maximum absolute atomic E-state index is 9.41. The second-order valence-electron chi connectivity index (χ2n) is 7.24. The molecular formula is C28H34O2Y7-2. The molecule has 2 N–H and O–H groups in total. The molecule has 0 heterocycles. The molecule has 37 heavy (non-hydrogen) atoms. The number of fused-ring (bicyclic) bond motifs is 2. The first-order valence-electron chi connectivity index (χ1n) is 10.6. The Morgan fingerprint density at radius 1 is 0.514 bits per heavy atom. The number of benzene rings is 4. The molecule has 0 fully saturated rings. The number of aromatic hydroxyl groups is 2. The molecule has 4 aromatic carbocycles. The van der Waals surface area contributed by atoms with Crippen molar-refractivity contribution in [3.05, 3.63) is 83.9 Å². The van der Waals surface area contributed by atoms with E-state index in [0.29, 0.717) is 11.5 Å². The predicted molar refractivity (Wildman–Crippen MR) is 130 cm³/mol. The molecule has 0 aliphatic carbocycles. The van der Waals surface area contributed by atoms with Gasteiger partial charge in [0, 0.05) is 229 Å². The normalized spacial score (nSPS) is 7.73. The predicted octanol–water partition coefficient (Wildman–Crippen LogP) is 8.12. The fraction of sp³-hybridized carbons (Fsp3) is 0.286. The van der Waals surface area contributed by atoms with Crippen LogP contribution in [0.2, 0.25) is 0 Å². The summed E-state index contributed by atoms with van der Waals surface area (Å²) < 4.78 is 0. The van der Waals surface area contributed by atoms with Gasteiger partial charge in [-0.05, 0) is 37.1 Å². The maximum atomic E-state index is 9.41. The van der Waals surface area contributed by atoms with Crippen LogP contribution in [0.15, 0.2) is 60.7 Å². The van der Waals surface area contributed by atoms with E-state index in [1.165, 1.54) is 12.8 Å². The molecular weight excluding hydrogens is 991 g/mol. The molecule has 0 atom stereocenters. The molecule has 0 unspecified atom stereocenters. The number of hydrogen-bond acceptors (Lipinski definition) is 2. The Labute approximate surface area is 401 Å². The van der Waals surface area contributed by atoms with Gasteiger partial charge < -0.3 is 10.2 Å². The van der Waals surface area contributed by atoms with Gasteiger partial charge in [-0.2, -0.15) is 48.5 Å². The third-order valence-corrected chi connectivity index (χ3v) is 4.00. The average molecular weight is 1020 g/mol. The van der Waals surface area contributed by atoms with Crippen LogP contribution >= 0.6 is 0 Å². The molecule has 0 aliphatic heterocycles. The summed E-state index contributed by atoms with van der Waals surface area (Å²) in [4.78, 5) is 0. The number of hydrogen-bond donors (Lipinski definition) is 2. The van der Waals surface area contributed by atoms with Crippen molar-refractivity contribution in [3.63, 3.8) is 0 Å². The summed E-state index contributed by atoms with van der Waals surface area (Å²) in [6.45, 7) is 12.3. The Morgan fingerprint density at radius 2 is 0.784 bits per heavy atom. The van der Waals surface area contributed by atoms with E-state index in [1.807, 2.05) is 62.4 Å². The van der Waals surface area contributed by atoms with Gasteiger partial charge in [0.15, 0.2) is 0 Å². The van der Waals surface area contributed by atoms with Crippen molar-refractivity contribution < 1.29 is 239 Å². The zero-order valence-electron chi connectivity index (χ0n) is 23.1. The zero-order chi connectivity index (χ0) is 22.5. The third kappa shape index (κ3) is 23.7. The molecule has 9 heteroatoms. The van der Waals surface area contributed by atoms with E-state index >= 15 is 0 Å². The monoisotopic (exact) mass is 1020 g/mol. The summed E-state index contributed by atoms with van der Waals surface area (Å²) in [5.74, 6) is 0.711. The van der Waals surface area contributed by atoms with Gasteiger partial charge in [-0.1, -0.05) is 40.5 Å². The van der Waals surface area contributed by atoms with Crippen molar-refractivity contribution in [1.82, 2.24) is 0 Å². The van der Waals surface area contributed by atoms with Crippen LogP contribution in [0.1, 0.15) is 51.7 Å².